The van der Waals surface area contributed by atoms with Crippen LogP contribution in [0.3, 0.4) is 0 Å². The van der Waals surface area contributed by atoms with Crippen LogP contribution < -0.4 is 4.74 Å². The lowest BCUT2D eigenvalue weighted by Gasteiger charge is -2.13. The van der Waals surface area contributed by atoms with Gasteiger partial charge in [-0.25, -0.2) is 0 Å². The normalized spacial score (nSPS) is 19.0. The van der Waals surface area contributed by atoms with Gasteiger partial charge in [-0.1, -0.05) is 48.5 Å². The van der Waals surface area contributed by atoms with Crippen LogP contribution in [0.15, 0.2) is 72.9 Å². The smallest absolute Gasteiger partial charge is 0.128 e. The molecule has 0 radical (unpaired) electrons. The van der Waals surface area contributed by atoms with E-state index < -0.39 is 0 Å². The molecule has 0 saturated heterocycles. The molecule has 1 saturated carbocycles. The number of ether oxygens (including phenoxy) is 1. The van der Waals surface area contributed by atoms with Crippen molar-refractivity contribution < 1.29 is 4.74 Å². The van der Waals surface area contributed by atoms with Gasteiger partial charge < -0.3 is 4.74 Å². The predicted octanol–water partition coefficient (Wildman–Crippen LogP) is 5.10. The van der Waals surface area contributed by atoms with Gasteiger partial charge in [0.1, 0.15) is 5.75 Å². The summed E-state index contributed by atoms with van der Waals surface area (Å²) in [6.07, 6.45) is 4.18. The van der Waals surface area contributed by atoms with Crippen LogP contribution in [0.25, 0.3) is 11.3 Å². The van der Waals surface area contributed by atoms with Gasteiger partial charge in [0.05, 0.1) is 12.8 Å². The second-order valence-electron chi connectivity index (χ2n) is 6.43. The Balaban J connectivity index is 1.63. The fraction of sp³-hybridized carbons (Fsp3) is 0.227. The van der Waals surface area contributed by atoms with Crippen molar-refractivity contribution >= 4 is 0 Å². The molecule has 1 fully saturated rings. The van der Waals surface area contributed by atoms with Crippen LogP contribution in [0.4, 0.5) is 0 Å². The van der Waals surface area contributed by atoms with Crippen molar-refractivity contribution in [1.29, 1.82) is 0 Å². The van der Waals surface area contributed by atoms with Crippen LogP contribution in [0.2, 0.25) is 0 Å². The van der Waals surface area contributed by atoms with Gasteiger partial charge in [0.15, 0.2) is 0 Å². The number of nitrogens with zero attached hydrogens (tertiary/aromatic N) is 1. The van der Waals surface area contributed by atoms with E-state index in [-0.39, 0.29) is 0 Å². The topological polar surface area (TPSA) is 22.1 Å². The molecule has 0 bridgehead atoms. The Labute approximate surface area is 143 Å². The van der Waals surface area contributed by atoms with E-state index in [1.54, 1.807) is 7.11 Å². The molecule has 3 aromatic rings. The summed E-state index contributed by atoms with van der Waals surface area (Å²) in [6.45, 7) is 0. The van der Waals surface area contributed by atoms with E-state index in [0.29, 0.717) is 11.8 Å². The standard InChI is InChI=1S/C22H21NO/c1-24-21-12-7-10-17(22(21)20-11-5-6-13-23-20)14-18-15-19(18)16-8-3-2-4-9-16/h2-13,18-19H,14-15H2,1H3/t18-,19-/m0/s1. The molecule has 0 N–H and O–H groups in total. The maximum atomic E-state index is 5.61. The van der Waals surface area contributed by atoms with Crippen LogP contribution in [0.5, 0.6) is 5.75 Å². The summed E-state index contributed by atoms with van der Waals surface area (Å²) in [5, 5.41) is 0. The largest absolute Gasteiger partial charge is 0.496 e. The molecule has 0 aliphatic heterocycles. The third-order valence-corrected chi connectivity index (χ3v) is 4.89. The van der Waals surface area contributed by atoms with Gasteiger partial charge in [0, 0.05) is 11.8 Å². The van der Waals surface area contributed by atoms with Crippen molar-refractivity contribution in [3.8, 4) is 17.0 Å². The zero-order chi connectivity index (χ0) is 16.4. The molecule has 0 unspecified atom stereocenters. The van der Waals surface area contributed by atoms with E-state index in [9.17, 15) is 0 Å². The summed E-state index contributed by atoms with van der Waals surface area (Å²) in [5.74, 6) is 2.30. The minimum absolute atomic E-state index is 0.689. The third-order valence-electron chi connectivity index (χ3n) is 4.89. The number of aromatic nitrogens is 1. The number of methoxy groups -OCH3 is 1. The molecule has 1 aliphatic rings. The second-order valence-corrected chi connectivity index (χ2v) is 6.43. The average molecular weight is 315 g/mol. The first kappa shape index (κ1) is 14.9. The summed E-state index contributed by atoms with van der Waals surface area (Å²) in [4.78, 5) is 4.54. The van der Waals surface area contributed by atoms with E-state index in [0.717, 1.165) is 23.4 Å². The lowest BCUT2D eigenvalue weighted by molar-refractivity contribution is 0.415. The fourth-order valence-electron chi connectivity index (χ4n) is 3.58. The van der Waals surface area contributed by atoms with Gasteiger partial charge in [0.25, 0.3) is 0 Å². The van der Waals surface area contributed by atoms with E-state index in [1.165, 1.54) is 17.5 Å². The van der Waals surface area contributed by atoms with Crippen LogP contribution in [-0.4, -0.2) is 12.1 Å². The number of hydrogen-bond donors (Lipinski definition) is 0. The predicted molar refractivity (Wildman–Crippen MR) is 97.2 cm³/mol. The van der Waals surface area contributed by atoms with E-state index in [4.69, 9.17) is 4.74 Å². The first-order chi connectivity index (χ1) is 11.9. The average Bonchev–Trinajstić information content (AvgIpc) is 3.42. The number of hydrogen-bond acceptors (Lipinski definition) is 2. The third kappa shape index (κ3) is 2.92. The Morgan fingerprint density at radius 1 is 0.958 bits per heavy atom. The maximum Gasteiger partial charge on any atom is 0.128 e. The van der Waals surface area contributed by atoms with Crippen LogP contribution in [0.1, 0.15) is 23.5 Å². The summed E-state index contributed by atoms with van der Waals surface area (Å²) in [6, 6.07) is 23.2. The summed E-state index contributed by atoms with van der Waals surface area (Å²) >= 11 is 0. The minimum Gasteiger partial charge on any atom is -0.496 e. The van der Waals surface area contributed by atoms with Crippen molar-refractivity contribution in [2.75, 3.05) is 7.11 Å². The number of benzene rings is 2. The monoisotopic (exact) mass is 315 g/mol. The zero-order valence-electron chi connectivity index (χ0n) is 13.9. The Morgan fingerprint density at radius 3 is 2.54 bits per heavy atom. The summed E-state index contributed by atoms with van der Waals surface area (Å²) in [7, 11) is 1.73. The molecule has 0 amide bonds. The molecule has 2 nitrogen and oxygen atoms in total. The van der Waals surface area contributed by atoms with Gasteiger partial charge in [0.2, 0.25) is 0 Å². The van der Waals surface area contributed by atoms with Crippen LogP contribution >= 0.6 is 0 Å². The summed E-state index contributed by atoms with van der Waals surface area (Å²) < 4.78 is 5.61. The highest BCUT2D eigenvalue weighted by Crippen LogP contribution is 2.50. The zero-order valence-corrected chi connectivity index (χ0v) is 13.9. The van der Waals surface area contributed by atoms with E-state index >= 15 is 0 Å². The Kier molecular flexibility index (Phi) is 4.04. The quantitative estimate of drug-likeness (QED) is 0.653. The molecular formula is C22H21NO. The van der Waals surface area contributed by atoms with Crippen molar-refractivity contribution in [3.63, 3.8) is 0 Å². The molecule has 2 heteroatoms. The first-order valence-electron chi connectivity index (χ1n) is 8.49. The highest BCUT2D eigenvalue weighted by atomic mass is 16.5. The molecule has 2 atom stereocenters. The Hall–Kier alpha value is -2.61. The minimum atomic E-state index is 0.689. The van der Waals surface area contributed by atoms with Crippen molar-refractivity contribution in [1.82, 2.24) is 4.98 Å². The number of rotatable bonds is 5. The van der Waals surface area contributed by atoms with Gasteiger partial charge in [-0.2, -0.15) is 0 Å². The van der Waals surface area contributed by atoms with Crippen molar-refractivity contribution in [2.24, 2.45) is 5.92 Å². The highest BCUT2D eigenvalue weighted by Gasteiger charge is 2.38. The van der Waals surface area contributed by atoms with Crippen molar-refractivity contribution in [2.45, 2.75) is 18.8 Å². The molecule has 1 aliphatic carbocycles. The van der Waals surface area contributed by atoms with Gasteiger partial charge >= 0.3 is 0 Å². The highest BCUT2D eigenvalue weighted by molar-refractivity contribution is 5.71. The Bertz CT molecular complexity index is 814. The molecule has 2 aromatic carbocycles. The van der Waals surface area contributed by atoms with E-state index in [2.05, 4.69) is 53.5 Å². The SMILES string of the molecule is COc1cccc(C[C@H]2C[C@H]2c2ccccc2)c1-c1ccccn1. The molecule has 120 valence electrons. The number of pyridine rings is 1. The lowest BCUT2D eigenvalue weighted by Crippen LogP contribution is -1.98. The molecule has 1 aromatic heterocycles. The molecule has 1 heterocycles. The van der Waals surface area contributed by atoms with E-state index in [1.807, 2.05) is 24.4 Å². The Morgan fingerprint density at radius 2 is 1.79 bits per heavy atom. The van der Waals surface area contributed by atoms with Gasteiger partial charge in [-0.3, -0.25) is 4.98 Å². The molecular weight excluding hydrogens is 294 g/mol. The van der Waals surface area contributed by atoms with Crippen molar-refractivity contribution in [3.05, 3.63) is 84.1 Å². The van der Waals surface area contributed by atoms with Gasteiger partial charge in [-0.05, 0) is 54.0 Å². The van der Waals surface area contributed by atoms with Crippen LogP contribution in [-0.2, 0) is 6.42 Å². The molecule has 4 rings (SSSR count). The fourth-order valence-corrected chi connectivity index (χ4v) is 3.58. The second kappa shape index (κ2) is 6.48. The first-order valence-corrected chi connectivity index (χ1v) is 8.49. The van der Waals surface area contributed by atoms with Crippen LogP contribution in [0, 0.1) is 5.92 Å². The summed E-state index contributed by atoms with van der Waals surface area (Å²) in [5.41, 5.74) is 4.92. The molecule has 0 spiro atoms. The maximum absolute atomic E-state index is 5.61. The molecule has 24 heavy (non-hydrogen) atoms. The van der Waals surface area contributed by atoms with Gasteiger partial charge in [-0.15, -0.1) is 0 Å². The lowest BCUT2D eigenvalue weighted by atomic mass is 9.96.